The van der Waals surface area contributed by atoms with Gasteiger partial charge < -0.3 is 5.32 Å². The van der Waals surface area contributed by atoms with Crippen LogP contribution in [0.25, 0.3) is 0 Å². The zero-order chi connectivity index (χ0) is 8.10. The van der Waals surface area contributed by atoms with Gasteiger partial charge in [-0.3, -0.25) is 4.79 Å². The van der Waals surface area contributed by atoms with Crippen LogP contribution in [0.2, 0.25) is 0 Å². The van der Waals surface area contributed by atoms with Crippen LogP contribution in [0.4, 0.5) is 10.5 Å². The molecule has 0 aliphatic carbocycles. The van der Waals surface area contributed by atoms with E-state index in [0.717, 1.165) is 5.69 Å². The molecule has 1 aromatic carbocycles. The average Bonchev–Trinajstić information content (AvgIpc) is 2.06. The molecule has 58 valence electrons. The van der Waals surface area contributed by atoms with Gasteiger partial charge in [-0.2, -0.15) is 0 Å². The Morgan fingerprint density at radius 1 is 1.36 bits per heavy atom. The first-order chi connectivity index (χ1) is 5.33. The van der Waals surface area contributed by atoms with Crippen LogP contribution in [0, 0.1) is 0 Å². The fourth-order valence-electron chi connectivity index (χ4n) is 0.715. The van der Waals surface area contributed by atoms with Crippen molar-refractivity contribution >= 4 is 19.9 Å². The van der Waals surface area contributed by atoms with Crippen LogP contribution < -0.4 is 5.32 Å². The third-order valence-corrected chi connectivity index (χ3v) is 1.84. The summed E-state index contributed by atoms with van der Waals surface area (Å²) < 4.78 is 0. The van der Waals surface area contributed by atoms with Crippen LogP contribution >= 0.6 is 8.58 Å². The Morgan fingerprint density at radius 3 is 2.55 bits per heavy atom. The van der Waals surface area contributed by atoms with Gasteiger partial charge in [-0.25, -0.2) is 0 Å². The van der Waals surface area contributed by atoms with E-state index in [1.807, 2.05) is 37.0 Å². The van der Waals surface area contributed by atoms with E-state index < -0.39 is 0 Å². The van der Waals surface area contributed by atoms with Gasteiger partial charge in [0.2, 0.25) is 5.65 Å². The summed E-state index contributed by atoms with van der Waals surface area (Å²) in [5, 5.41) is 2.76. The van der Waals surface area contributed by atoms with Crippen molar-refractivity contribution in [3.8, 4) is 0 Å². The van der Waals surface area contributed by atoms with Crippen molar-refractivity contribution in [2.75, 3.05) is 12.0 Å². The smallest absolute Gasteiger partial charge is 0.241 e. The van der Waals surface area contributed by atoms with Crippen molar-refractivity contribution in [1.82, 2.24) is 0 Å². The second-order valence-electron chi connectivity index (χ2n) is 2.07. The van der Waals surface area contributed by atoms with Crippen molar-refractivity contribution in [3.63, 3.8) is 0 Å². The zero-order valence-electron chi connectivity index (χ0n) is 6.29. The molecule has 0 spiro atoms. The van der Waals surface area contributed by atoms with Gasteiger partial charge in [-0.05, 0) is 27.4 Å². The summed E-state index contributed by atoms with van der Waals surface area (Å²) in [4.78, 5) is 10.9. The predicted octanol–water partition coefficient (Wildman–Crippen LogP) is 2.53. The largest absolute Gasteiger partial charge is 0.323 e. The monoisotopic (exact) mass is 167 g/mol. The number of rotatable bonds is 2. The molecule has 1 unspecified atom stereocenters. The maximum Gasteiger partial charge on any atom is 0.241 e. The van der Waals surface area contributed by atoms with Crippen molar-refractivity contribution in [2.45, 2.75) is 0 Å². The van der Waals surface area contributed by atoms with Gasteiger partial charge in [0.05, 0.1) is 0 Å². The first-order valence-electron chi connectivity index (χ1n) is 3.36. The number of carbonyl (C=O) groups is 1. The molecule has 0 aliphatic rings. The van der Waals surface area contributed by atoms with Gasteiger partial charge >= 0.3 is 0 Å². The van der Waals surface area contributed by atoms with Gasteiger partial charge in [0.1, 0.15) is 0 Å². The molecule has 1 rings (SSSR count). The summed E-state index contributed by atoms with van der Waals surface area (Å²) in [6.07, 6.45) is 0. The highest BCUT2D eigenvalue weighted by Crippen LogP contribution is 2.11. The van der Waals surface area contributed by atoms with Crippen LogP contribution in [0.15, 0.2) is 30.3 Å². The van der Waals surface area contributed by atoms with Crippen LogP contribution in [0.5, 0.6) is 0 Å². The number of benzene rings is 1. The lowest BCUT2D eigenvalue weighted by molar-refractivity contribution is 0.269. The van der Waals surface area contributed by atoms with E-state index in [-0.39, 0.29) is 5.65 Å². The Kier molecular flexibility index (Phi) is 3.06. The normalized spacial score (nSPS) is 10.3. The molecule has 3 heteroatoms. The van der Waals surface area contributed by atoms with Crippen LogP contribution in [0.3, 0.4) is 0 Å². The van der Waals surface area contributed by atoms with Gasteiger partial charge in [0.15, 0.2) is 0 Å². The zero-order valence-corrected chi connectivity index (χ0v) is 7.29. The summed E-state index contributed by atoms with van der Waals surface area (Å²) in [7, 11) is 0.307. The number of carbonyl (C=O) groups excluding carboxylic acids is 1. The predicted molar refractivity (Wildman–Crippen MR) is 49.7 cm³/mol. The molecule has 2 nitrogen and oxygen atoms in total. The molecule has 0 saturated carbocycles. The Bertz CT molecular complexity index is 235. The van der Waals surface area contributed by atoms with E-state index in [0.29, 0.717) is 8.58 Å². The molecular weight excluding hydrogens is 157 g/mol. The molecule has 0 saturated heterocycles. The number of hydrogen-bond donors (Lipinski definition) is 1. The number of para-hydroxylation sites is 1. The first-order valence-corrected chi connectivity index (χ1v) is 4.86. The molecule has 0 bridgehead atoms. The highest BCUT2D eigenvalue weighted by Gasteiger charge is 1.95. The van der Waals surface area contributed by atoms with E-state index in [1.54, 1.807) is 0 Å². The van der Waals surface area contributed by atoms with Crippen molar-refractivity contribution in [1.29, 1.82) is 0 Å². The molecule has 1 atom stereocenters. The van der Waals surface area contributed by atoms with E-state index in [9.17, 15) is 4.79 Å². The fraction of sp³-hybridized carbons (Fsp3) is 0.125. The first kappa shape index (κ1) is 8.22. The van der Waals surface area contributed by atoms with E-state index in [4.69, 9.17) is 0 Å². The van der Waals surface area contributed by atoms with Crippen molar-refractivity contribution in [2.24, 2.45) is 0 Å². The molecule has 0 aliphatic heterocycles. The average molecular weight is 167 g/mol. The molecular formula is C8H10NOP. The third-order valence-electron chi connectivity index (χ3n) is 1.26. The van der Waals surface area contributed by atoms with Crippen LogP contribution in [-0.2, 0) is 0 Å². The fourth-order valence-corrected chi connectivity index (χ4v) is 0.984. The minimum Gasteiger partial charge on any atom is -0.323 e. The highest BCUT2D eigenvalue weighted by molar-refractivity contribution is 7.57. The van der Waals surface area contributed by atoms with Crippen LogP contribution in [-0.4, -0.2) is 12.3 Å². The van der Waals surface area contributed by atoms with E-state index >= 15 is 0 Å². The summed E-state index contributed by atoms with van der Waals surface area (Å²) >= 11 is 0. The van der Waals surface area contributed by atoms with Gasteiger partial charge in [-0.15, -0.1) is 0 Å². The van der Waals surface area contributed by atoms with Gasteiger partial charge in [0.25, 0.3) is 0 Å². The lowest BCUT2D eigenvalue weighted by Crippen LogP contribution is -2.01. The number of hydrogen-bond acceptors (Lipinski definition) is 1. The second-order valence-corrected chi connectivity index (χ2v) is 3.02. The number of anilines is 1. The summed E-state index contributed by atoms with van der Waals surface area (Å²) in [5.41, 5.74) is 0.947. The second kappa shape index (κ2) is 4.09. The Morgan fingerprint density at radius 2 is 2.00 bits per heavy atom. The topological polar surface area (TPSA) is 29.1 Å². The molecule has 1 aromatic rings. The number of nitrogens with one attached hydrogen (secondary N) is 1. The maximum atomic E-state index is 10.9. The Labute approximate surface area is 67.8 Å². The SMILES string of the molecule is CPC(=O)Nc1ccccc1. The van der Waals surface area contributed by atoms with Gasteiger partial charge in [0, 0.05) is 5.69 Å². The third kappa shape index (κ3) is 2.69. The van der Waals surface area contributed by atoms with E-state index in [2.05, 4.69) is 5.32 Å². The van der Waals surface area contributed by atoms with Gasteiger partial charge in [-0.1, -0.05) is 18.2 Å². The highest BCUT2D eigenvalue weighted by atomic mass is 31.1. The minimum absolute atomic E-state index is 0.0798. The molecule has 1 amide bonds. The lowest BCUT2D eigenvalue weighted by Gasteiger charge is -2.00. The van der Waals surface area contributed by atoms with Crippen molar-refractivity contribution in [3.05, 3.63) is 30.3 Å². The molecule has 0 heterocycles. The Balaban J connectivity index is 2.58. The number of amides is 1. The summed E-state index contributed by atoms with van der Waals surface area (Å²) in [6.45, 7) is 1.86. The minimum atomic E-state index is 0.0798. The standard InChI is InChI=1S/C8H10NOP/c1-11-8(10)9-7-5-3-2-4-6-7/h2-6,11H,1H3,(H,9,10). The molecule has 1 N–H and O–H groups in total. The molecule has 0 radical (unpaired) electrons. The van der Waals surface area contributed by atoms with E-state index in [1.165, 1.54) is 0 Å². The van der Waals surface area contributed by atoms with Crippen LogP contribution in [0.1, 0.15) is 0 Å². The summed E-state index contributed by atoms with van der Waals surface area (Å²) in [5.74, 6) is 0. The molecule has 0 aromatic heterocycles. The maximum absolute atomic E-state index is 10.9. The van der Waals surface area contributed by atoms with Crippen molar-refractivity contribution < 1.29 is 4.79 Å². The quantitative estimate of drug-likeness (QED) is 0.673. The lowest BCUT2D eigenvalue weighted by atomic mass is 10.3. The molecule has 11 heavy (non-hydrogen) atoms. The molecule has 0 fully saturated rings. The Hall–Kier alpha value is -0.880. The summed E-state index contributed by atoms with van der Waals surface area (Å²) in [6, 6.07) is 9.46.